The quantitative estimate of drug-likeness (QED) is 0.473. The Hall–Kier alpha value is -3.61. The van der Waals surface area contributed by atoms with Gasteiger partial charge >= 0.3 is 0 Å². The van der Waals surface area contributed by atoms with Crippen molar-refractivity contribution in [3.05, 3.63) is 73.0 Å². The normalized spacial score (nSPS) is 11.5. The van der Waals surface area contributed by atoms with Crippen molar-refractivity contribution in [3.63, 3.8) is 0 Å². The number of benzene rings is 1. The van der Waals surface area contributed by atoms with E-state index in [1.165, 1.54) is 18.2 Å². The first-order valence-corrected chi connectivity index (χ1v) is 8.31. The minimum Gasteiger partial charge on any atom is -0.306 e. The zero-order chi connectivity index (χ0) is 18.5. The molecule has 0 atom stereocenters. The molecule has 4 heterocycles. The fourth-order valence-corrected chi connectivity index (χ4v) is 3.24. The molecule has 0 amide bonds. The number of hydrogen-bond donors (Lipinski definition) is 0. The molecule has 0 bridgehead atoms. The van der Waals surface area contributed by atoms with Gasteiger partial charge in [0.05, 0.1) is 23.0 Å². The Bertz CT molecular complexity index is 1300. The van der Waals surface area contributed by atoms with E-state index in [1.807, 2.05) is 25.4 Å². The van der Waals surface area contributed by atoms with Crippen LogP contribution >= 0.6 is 0 Å². The summed E-state index contributed by atoms with van der Waals surface area (Å²) in [4.78, 5) is 8.99. The molecule has 0 aliphatic rings. The third kappa shape index (κ3) is 2.47. The average molecular weight is 361 g/mol. The molecule has 0 aliphatic heterocycles. The third-order valence-electron chi connectivity index (χ3n) is 4.54. The van der Waals surface area contributed by atoms with Gasteiger partial charge in [0.15, 0.2) is 0 Å². The van der Waals surface area contributed by atoms with Gasteiger partial charge in [-0.2, -0.15) is 5.10 Å². The van der Waals surface area contributed by atoms with Crippen molar-refractivity contribution in [1.29, 1.82) is 0 Å². The van der Waals surface area contributed by atoms with Crippen molar-refractivity contribution in [2.75, 3.05) is 0 Å². The van der Waals surface area contributed by atoms with Gasteiger partial charge in [-0.25, -0.2) is 13.8 Å². The predicted molar refractivity (Wildman–Crippen MR) is 98.0 cm³/mol. The van der Waals surface area contributed by atoms with E-state index in [-0.39, 0.29) is 11.3 Å². The fourth-order valence-electron chi connectivity index (χ4n) is 3.24. The summed E-state index contributed by atoms with van der Waals surface area (Å²) in [6.45, 7) is 0. The van der Waals surface area contributed by atoms with E-state index in [2.05, 4.69) is 15.1 Å². The maximum Gasteiger partial charge on any atom is 0.146 e. The highest BCUT2D eigenvalue weighted by atomic mass is 19.1. The Morgan fingerprint density at radius 2 is 1.78 bits per heavy atom. The summed E-state index contributed by atoms with van der Waals surface area (Å²) in [5.41, 5.74) is 3.27. The van der Waals surface area contributed by atoms with Crippen LogP contribution in [0, 0.1) is 11.6 Å². The van der Waals surface area contributed by atoms with Crippen molar-refractivity contribution in [3.8, 4) is 22.4 Å². The lowest BCUT2D eigenvalue weighted by Gasteiger charge is -2.02. The van der Waals surface area contributed by atoms with E-state index < -0.39 is 11.6 Å². The van der Waals surface area contributed by atoms with Gasteiger partial charge in [-0.15, -0.1) is 0 Å². The summed E-state index contributed by atoms with van der Waals surface area (Å²) >= 11 is 0. The first kappa shape index (κ1) is 15.6. The molecule has 0 aliphatic carbocycles. The van der Waals surface area contributed by atoms with Crippen molar-refractivity contribution >= 4 is 16.6 Å². The highest BCUT2D eigenvalue weighted by molar-refractivity contribution is 5.94. The van der Waals surface area contributed by atoms with Gasteiger partial charge in [0.25, 0.3) is 0 Å². The van der Waals surface area contributed by atoms with Crippen molar-refractivity contribution in [2.24, 2.45) is 7.05 Å². The van der Waals surface area contributed by atoms with Crippen LogP contribution < -0.4 is 0 Å². The average Bonchev–Trinajstić information content (AvgIpc) is 3.27. The van der Waals surface area contributed by atoms with E-state index in [0.29, 0.717) is 5.65 Å². The molecule has 132 valence electrons. The van der Waals surface area contributed by atoms with Gasteiger partial charge in [0, 0.05) is 48.3 Å². The second kappa shape index (κ2) is 5.70. The molecule has 7 heteroatoms. The lowest BCUT2D eigenvalue weighted by atomic mass is 10.1. The van der Waals surface area contributed by atoms with Gasteiger partial charge < -0.3 is 4.40 Å². The molecule has 0 radical (unpaired) electrons. The van der Waals surface area contributed by atoms with Crippen LogP contribution in [0.1, 0.15) is 0 Å². The predicted octanol–water partition coefficient (Wildman–Crippen LogP) is 4.23. The number of halogens is 2. The maximum atomic E-state index is 14.2. The third-order valence-corrected chi connectivity index (χ3v) is 4.54. The number of rotatable bonds is 2. The van der Waals surface area contributed by atoms with Crippen LogP contribution in [0.2, 0.25) is 0 Å². The first-order valence-electron chi connectivity index (χ1n) is 8.31. The zero-order valence-electron chi connectivity index (χ0n) is 14.3. The molecule has 4 aromatic heterocycles. The monoisotopic (exact) mass is 361 g/mol. The lowest BCUT2D eigenvalue weighted by molar-refractivity contribution is 0.589. The van der Waals surface area contributed by atoms with Crippen molar-refractivity contribution < 1.29 is 8.78 Å². The number of nitrogens with zero attached hydrogens (tertiary/aromatic N) is 5. The highest BCUT2D eigenvalue weighted by Crippen LogP contribution is 2.29. The number of aryl methyl sites for hydroxylation is 1. The smallest absolute Gasteiger partial charge is 0.146 e. The SMILES string of the molecule is Cn1cc(-c2cnc3ccn4cc(-c5c(F)cccc5F)nc4c3c2)cn1. The molecule has 5 rings (SSSR count). The molecule has 27 heavy (non-hydrogen) atoms. The lowest BCUT2D eigenvalue weighted by Crippen LogP contribution is -1.89. The summed E-state index contributed by atoms with van der Waals surface area (Å²) in [5.74, 6) is -1.28. The summed E-state index contributed by atoms with van der Waals surface area (Å²) in [6, 6.07) is 7.59. The molecule has 0 fully saturated rings. The van der Waals surface area contributed by atoms with Gasteiger partial charge in [-0.1, -0.05) is 6.07 Å². The molecule has 1 aromatic carbocycles. The Morgan fingerprint density at radius 3 is 2.52 bits per heavy atom. The topological polar surface area (TPSA) is 48.0 Å². The Kier molecular flexibility index (Phi) is 3.30. The second-order valence-corrected chi connectivity index (χ2v) is 6.33. The summed E-state index contributed by atoms with van der Waals surface area (Å²) < 4.78 is 31.8. The fraction of sp³-hybridized carbons (Fsp3) is 0.0500. The molecule has 5 aromatic rings. The van der Waals surface area contributed by atoms with Crippen LogP contribution in [-0.4, -0.2) is 24.1 Å². The standard InChI is InChI=1S/C20H13F2N5/c1-26-10-13(9-24-26)12-7-14-17(23-8-12)5-6-27-11-18(25-20(14)27)19-15(21)3-2-4-16(19)22/h2-11H,1H3. The number of imidazole rings is 1. The molecular formula is C20H13F2N5. The summed E-state index contributed by atoms with van der Waals surface area (Å²) in [6.07, 6.45) is 8.83. The van der Waals surface area contributed by atoms with Crippen LogP contribution in [0.25, 0.3) is 38.9 Å². The number of aromatic nitrogens is 5. The maximum absolute atomic E-state index is 14.2. The van der Waals surface area contributed by atoms with Crippen molar-refractivity contribution in [1.82, 2.24) is 24.1 Å². The number of pyridine rings is 2. The second-order valence-electron chi connectivity index (χ2n) is 6.33. The van der Waals surface area contributed by atoms with Crippen molar-refractivity contribution in [2.45, 2.75) is 0 Å². The van der Waals surface area contributed by atoms with Crippen LogP contribution in [0.4, 0.5) is 8.78 Å². The first-order chi connectivity index (χ1) is 13.1. The zero-order valence-corrected chi connectivity index (χ0v) is 14.3. The Morgan fingerprint density at radius 1 is 0.963 bits per heavy atom. The Balaban J connectivity index is 1.75. The van der Waals surface area contributed by atoms with Gasteiger partial charge in [-0.3, -0.25) is 9.67 Å². The molecule has 0 spiro atoms. The Labute approximate surface area is 152 Å². The molecule has 0 saturated carbocycles. The van der Waals surface area contributed by atoms with Crippen LogP contribution in [0.5, 0.6) is 0 Å². The summed E-state index contributed by atoms with van der Waals surface area (Å²) in [7, 11) is 1.85. The largest absolute Gasteiger partial charge is 0.306 e. The van der Waals surface area contributed by atoms with Crippen LogP contribution in [0.15, 0.2) is 61.3 Å². The van der Waals surface area contributed by atoms with E-state index in [4.69, 9.17) is 0 Å². The molecule has 0 unspecified atom stereocenters. The highest BCUT2D eigenvalue weighted by Gasteiger charge is 2.16. The molecule has 5 nitrogen and oxygen atoms in total. The van der Waals surface area contributed by atoms with Gasteiger partial charge in [0.1, 0.15) is 17.3 Å². The minimum absolute atomic E-state index is 0.134. The van der Waals surface area contributed by atoms with Crippen LogP contribution in [-0.2, 0) is 7.05 Å². The van der Waals surface area contributed by atoms with E-state index >= 15 is 0 Å². The number of hydrogen-bond acceptors (Lipinski definition) is 3. The van der Waals surface area contributed by atoms with Gasteiger partial charge in [0.2, 0.25) is 0 Å². The van der Waals surface area contributed by atoms with Crippen LogP contribution in [0.3, 0.4) is 0 Å². The van der Waals surface area contributed by atoms with E-state index in [9.17, 15) is 8.78 Å². The molecule has 0 saturated heterocycles. The van der Waals surface area contributed by atoms with E-state index in [1.54, 1.807) is 33.9 Å². The minimum atomic E-state index is -0.642. The van der Waals surface area contributed by atoms with E-state index in [0.717, 1.165) is 22.0 Å². The summed E-state index contributed by atoms with van der Waals surface area (Å²) in [5, 5.41) is 4.98. The molecular weight excluding hydrogens is 348 g/mol. The molecule has 0 N–H and O–H groups in total. The van der Waals surface area contributed by atoms with Gasteiger partial charge in [-0.05, 0) is 24.3 Å². The number of fused-ring (bicyclic) bond motifs is 3.